The monoisotopic (exact) mass is 258 g/mol. The fourth-order valence-corrected chi connectivity index (χ4v) is 1.72. The number of hydrogen-bond acceptors (Lipinski definition) is 4. The van der Waals surface area contributed by atoms with Gasteiger partial charge in [0.05, 0.1) is 13.2 Å². The van der Waals surface area contributed by atoms with E-state index in [1.807, 2.05) is 27.7 Å². The predicted octanol–water partition coefficient (Wildman–Crippen LogP) is 1.06. The Morgan fingerprint density at radius 2 is 1.61 bits per heavy atom. The number of ether oxygens (including phenoxy) is 1. The molecule has 0 spiro atoms. The van der Waals surface area contributed by atoms with E-state index in [1.54, 1.807) is 0 Å². The van der Waals surface area contributed by atoms with Gasteiger partial charge in [0.15, 0.2) is 0 Å². The van der Waals surface area contributed by atoms with Gasteiger partial charge in [0.25, 0.3) is 0 Å². The number of nitrogens with two attached hydrogens (primary N) is 1. The first kappa shape index (κ1) is 16.9. The van der Waals surface area contributed by atoms with Crippen LogP contribution in [-0.2, 0) is 14.3 Å². The van der Waals surface area contributed by atoms with Crippen molar-refractivity contribution in [2.45, 2.75) is 52.6 Å². The second-order valence-corrected chi connectivity index (χ2v) is 5.45. The van der Waals surface area contributed by atoms with E-state index in [2.05, 4.69) is 10.1 Å². The van der Waals surface area contributed by atoms with Crippen molar-refractivity contribution in [1.29, 1.82) is 0 Å². The zero-order valence-corrected chi connectivity index (χ0v) is 12.0. The summed E-state index contributed by atoms with van der Waals surface area (Å²) in [7, 11) is 1.32. The van der Waals surface area contributed by atoms with Gasteiger partial charge in [-0.05, 0) is 24.7 Å². The first-order valence-corrected chi connectivity index (χ1v) is 6.41. The van der Waals surface area contributed by atoms with Crippen molar-refractivity contribution in [1.82, 2.24) is 5.32 Å². The van der Waals surface area contributed by atoms with Crippen molar-refractivity contribution in [3.05, 3.63) is 0 Å². The molecule has 0 heterocycles. The summed E-state index contributed by atoms with van der Waals surface area (Å²) >= 11 is 0. The molecule has 0 aliphatic carbocycles. The van der Waals surface area contributed by atoms with Crippen LogP contribution < -0.4 is 11.1 Å². The summed E-state index contributed by atoms with van der Waals surface area (Å²) in [6.07, 6.45) is 1.15. The quantitative estimate of drug-likeness (QED) is 0.669. The van der Waals surface area contributed by atoms with Crippen molar-refractivity contribution in [2.75, 3.05) is 7.11 Å². The third-order valence-corrected chi connectivity index (χ3v) is 2.57. The Labute approximate surface area is 109 Å². The molecule has 5 nitrogen and oxygen atoms in total. The largest absolute Gasteiger partial charge is 0.467 e. The number of hydrogen-bond donors (Lipinski definition) is 2. The average molecular weight is 258 g/mol. The SMILES string of the molecule is COC(=O)[C@H](CC(C)C)NC(=O)[C@H](N)CC(C)C. The zero-order valence-electron chi connectivity index (χ0n) is 12.0. The molecule has 1 amide bonds. The molecule has 3 N–H and O–H groups in total. The Balaban J connectivity index is 4.47. The van der Waals surface area contributed by atoms with Crippen LogP contribution in [0.2, 0.25) is 0 Å². The Kier molecular flexibility index (Phi) is 7.59. The Bertz CT molecular complexity index is 277. The second-order valence-electron chi connectivity index (χ2n) is 5.45. The molecule has 2 atom stereocenters. The maximum atomic E-state index is 11.8. The van der Waals surface area contributed by atoms with E-state index >= 15 is 0 Å². The number of amides is 1. The summed E-state index contributed by atoms with van der Waals surface area (Å²) in [6.45, 7) is 7.96. The van der Waals surface area contributed by atoms with E-state index in [-0.39, 0.29) is 11.8 Å². The van der Waals surface area contributed by atoms with Gasteiger partial charge in [-0.2, -0.15) is 0 Å². The topological polar surface area (TPSA) is 81.4 Å². The lowest BCUT2D eigenvalue weighted by atomic mass is 10.0. The van der Waals surface area contributed by atoms with Crippen molar-refractivity contribution in [2.24, 2.45) is 17.6 Å². The minimum Gasteiger partial charge on any atom is -0.467 e. The first-order valence-electron chi connectivity index (χ1n) is 6.41. The molecule has 0 rings (SSSR count). The lowest BCUT2D eigenvalue weighted by molar-refractivity contribution is -0.145. The van der Waals surface area contributed by atoms with E-state index < -0.39 is 18.1 Å². The highest BCUT2D eigenvalue weighted by Crippen LogP contribution is 2.08. The van der Waals surface area contributed by atoms with E-state index in [4.69, 9.17) is 5.73 Å². The number of carbonyl (C=O) groups is 2. The molecule has 0 saturated heterocycles. The van der Waals surface area contributed by atoms with Gasteiger partial charge in [0.2, 0.25) is 5.91 Å². The van der Waals surface area contributed by atoms with Gasteiger partial charge in [0.1, 0.15) is 6.04 Å². The van der Waals surface area contributed by atoms with Gasteiger partial charge in [-0.1, -0.05) is 27.7 Å². The van der Waals surface area contributed by atoms with Crippen LogP contribution >= 0.6 is 0 Å². The van der Waals surface area contributed by atoms with Crippen LogP contribution in [0.1, 0.15) is 40.5 Å². The van der Waals surface area contributed by atoms with Gasteiger partial charge < -0.3 is 15.8 Å². The molecule has 0 aromatic heterocycles. The minimum atomic E-state index is -0.610. The number of methoxy groups -OCH3 is 1. The van der Waals surface area contributed by atoms with Gasteiger partial charge in [-0.15, -0.1) is 0 Å². The fraction of sp³-hybridized carbons (Fsp3) is 0.846. The lowest BCUT2D eigenvalue weighted by Gasteiger charge is -2.21. The Morgan fingerprint density at radius 3 is 2.00 bits per heavy atom. The molecule has 0 fully saturated rings. The van der Waals surface area contributed by atoms with Gasteiger partial charge in [-0.25, -0.2) is 4.79 Å². The lowest BCUT2D eigenvalue weighted by Crippen LogP contribution is -2.49. The zero-order chi connectivity index (χ0) is 14.3. The van der Waals surface area contributed by atoms with Crippen molar-refractivity contribution in [3.63, 3.8) is 0 Å². The number of rotatable bonds is 7. The van der Waals surface area contributed by atoms with E-state index in [1.165, 1.54) is 7.11 Å². The smallest absolute Gasteiger partial charge is 0.328 e. The van der Waals surface area contributed by atoms with Crippen molar-refractivity contribution in [3.8, 4) is 0 Å². The van der Waals surface area contributed by atoms with E-state index in [0.29, 0.717) is 18.8 Å². The molecule has 0 bridgehead atoms. The molecular weight excluding hydrogens is 232 g/mol. The van der Waals surface area contributed by atoms with Crippen molar-refractivity contribution < 1.29 is 14.3 Å². The van der Waals surface area contributed by atoms with E-state index in [0.717, 1.165) is 0 Å². The number of esters is 1. The number of carbonyl (C=O) groups excluding carboxylic acids is 2. The normalized spacial score (nSPS) is 14.4. The minimum absolute atomic E-state index is 0.288. The summed E-state index contributed by atoms with van der Waals surface area (Å²) in [5.41, 5.74) is 5.77. The molecule has 0 aliphatic heterocycles. The van der Waals surface area contributed by atoms with Crippen molar-refractivity contribution >= 4 is 11.9 Å². The van der Waals surface area contributed by atoms with Gasteiger partial charge >= 0.3 is 5.97 Å². The molecular formula is C13H26N2O3. The molecule has 0 saturated carbocycles. The molecule has 0 radical (unpaired) electrons. The van der Waals surface area contributed by atoms with Gasteiger partial charge in [0, 0.05) is 0 Å². The highest BCUT2D eigenvalue weighted by atomic mass is 16.5. The molecule has 18 heavy (non-hydrogen) atoms. The third kappa shape index (κ3) is 6.59. The summed E-state index contributed by atoms with van der Waals surface area (Å²) in [6, 6.07) is -1.19. The Hall–Kier alpha value is -1.10. The third-order valence-electron chi connectivity index (χ3n) is 2.57. The summed E-state index contributed by atoms with van der Waals surface area (Å²) < 4.78 is 4.68. The molecule has 0 aromatic carbocycles. The average Bonchev–Trinajstić information content (AvgIpc) is 2.25. The maximum Gasteiger partial charge on any atom is 0.328 e. The highest BCUT2D eigenvalue weighted by molar-refractivity contribution is 5.87. The number of nitrogens with one attached hydrogen (secondary N) is 1. The molecule has 0 aliphatic rings. The maximum absolute atomic E-state index is 11.8. The van der Waals surface area contributed by atoms with E-state index in [9.17, 15) is 9.59 Å². The summed E-state index contributed by atoms with van der Waals surface area (Å²) in [5.74, 6) is -0.0864. The highest BCUT2D eigenvalue weighted by Gasteiger charge is 2.25. The first-order chi connectivity index (χ1) is 8.27. The van der Waals surface area contributed by atoms with Crippen LogP contribution in [0.5, 0.6) is 0 Å². The van der Waals surface area contributed by atoms with Crippen LogP contribution in [0.4, 0.5) is 0 Å². The standard InChI is InChI=1S/C13H26N2O3/c1-8(2)6-10(14)12(16)15-11(7-9(3)4)13(17)18-5/h8-11H,6-7,14H2,1-5H3,(H,15,16)/t10-,11+/m1/s1. The summed E-state index contributed by atoms with van der Waals surface area (Å²) in [5, 5.41) is 2.67. The van der Waals surface area contributed by atoms with Crippen LogP contribution in [-0.4, -0.2) is 31.1 Å². The second kappa shape index (κ2) is 8.08. The fourth-order valence-electron chi connectivity index (χ4n) is 1.72. The Morgan fingerprint density at radius 1 is 1.11 bits per heavy atom. The molecule has 106 valence electrons. The van der Waals surface area contributed by atoms with Crippen LogP contribution in [0.3, 0.4) is 0 Å². The van der Waals surface area contributed by atoms with Crippen LogP contribution in [0, 0.1) is 11.8 Å². The van der Waals surface area contributed by atoms with Crippen LogP contribution in [0.25, 0.3) is 0 Å². The molecule has 0 unspecified atom stereocenters. The summed E-state index contributed by atoms with van der Waals surface area (Å²) in [4.78, 5) is 23.4. The van der Waals surface area contributed by atoms with Crippen LogP contribution in [0.15, 0.2) is 0 Å². The predicted molar refractivity (Wildman–Crippen MR) is 70.8 cm³/mol. The molecule has 0 aromatic rings. The molecule has 5 heteroatoms. The van der Waals surface area contributed by atoms with Gasteiger partial charge in [-0.3, -0.25) is 4.79 Å².